The Hall–Kier alpha value is -0.710. The van der Waals surface area contributed by atoms with E-state index in [0.29, 0.717) is 5.25 Å². The van der Waals surface area contributed by atoms with Gasteiger partial charge in [0.05, 0.1) is 7.11 Å². The van der Waals surface area contributed by atoms with E-state index in [1.165, 1.54) is 12.7 Å². The molecule has 1 aromatic rings. The molecule has 21 heavy (non-hydrogen) atoms. The third-order valence-corrected chi connectivity index (χ3v) is 5.79. The molecule has 5 heteroatoms. The van der Waals surface area contributed by atoms with Crippen molar-refractivity contribution >= 4 is 29.3 Å². The molecule has 1 N–H and O–H groups in total. The van der Waals surface area contributed by atoms with Crippen molar-refractivity contribution in [1.29, 1.82) is 0 Å². The summed E-state index contributed by atoms with van der Waals surface area (Å²) in [7, 11) is 3.31. The highest BCUT2D eigenvalue weighted by molar-refractivity contribution is 7.99. The summed E-state index contributed by atoms with van der Waals surface area (Å²) in [5, 5.41) is 4.44. The fourth-order valence-electron chi connectivity index (χ4n) is 2.87. The third-order valence-electron chi connectivity index (χ3n) is 4.16. The molecule has 1 aromatic carbocycles. The zero-order valence-electron chi connectivity index (χ0n) is 12.5. The number of benzene rings is 1. The Kier molecular flexibility index (Phi) is 5.97. The fraction of sp³-hybridized carbons (Fsp3) is 0.562. The molecular weight excluding hydrogens is 306 g/mol. The summed E-state index contributed by atoms with van der Waals surface area (Å²) in [5.74, 6) is 0.810. The second-order valence-electron chi connectivity index (χ2n) is 5.48. The summed E-state index contributed by atoms with van der Waals surface area (Å²) in [4.78, 5) is 12.1. The van der Waals surface area contributed by atoms with Gasteiger partial charge in [-0.3, -0.25) is 4.79 Å². The predicted octanol–water partition coefficient (Wildman–Crippen LogP) is 3.65. The Bertz CT molecular complexity index is 480. The lowest BCUT2D eigenvalue weighted by molar-refractivity contribution is -0.149. The second-order valence-corrected chi connectivity index (χ2v) is 7.20. The SMILES string of the molecule is CNC1(C(=O)OC)CCCC(SCc2ccc(Cl)cc2)C1. The molecule has 2 rings (SSSR count). The highest BCUT2D eigenvalue weighted by Crippen LogP contribution is 2.37. The topological polar surface area (TPSA) is 38.3 Å². The maximum Gasteiger partial charge on any atom is 0.326 e. The molecular formula is C16H22ClNO2S. The van der Waals surface area contributed by atoms with E-state index in [2.05, 4.69) is 17.4 Å². The molecule has 0 amide bonds. The van der Waals surface area contributed by atoms with Crippen LogP contribution in [0.15, 0.2) is 24.3 Å². The molecule has 0 aromatic heterocycles. The molecule has 2 unspecified atom stereocenters. The minimum Gasteiger partial charge on any atom is -0.468 e. The summed E-state index contributed by atoms with van der Waals surface area (Å²) in [6.07, 6.45) is 3.88. The van der Waals surface area contributed by atoms with Gasteiger partial charge in [0, 0.05) is 16.0 Å². The zero-order chi connectivity index (χ0) is 15.3. The van der Waals surface area contributed by atoms with Crippen molar-refractivity contribution in [2.45, 2.75) is 42.2 Å². The van der Waals surface area contributed by atoms with Gasteiger partial charge < -0.3 is 10.1 Å². The van der Waals surface area contributed by atoms with E-state index in [1.807, 2.05) is 30.9 Å². The van der Waals surface area contributed by atoms with Gasteiger partial charge in [0.25, 0.3) is 0 Å². The van der Waals surface area contributed by atoms with Gasteiger partial charge in [0.1, 0.15) is 5.54 Å². The maximum atomic E-state index is 12.1. The van der Waals surface area contributed by atoms with Gasteiger partial charge in [0.2, 0.25) is 0 Å². The minimum atomic E-state index is -0.509. The van der Waals surface area contributed by atoms with Crippen molar-refractivity contribution in [3.05, 3.63) is 34.9 Å². The number of halogens is 1. The normalized spacial score (nSPS) is 25.6. The van der Waals surface area contributed by atoms with Crippen molar-refractivity contribution < 1.29 is 9.53 Å². The average Bonchev–Trinajstić information content (AvgIpc) is 2.53. The molecule has 1 saturated carbocycles. The Morgan fingerprint density at radius 2 is 2.19 bits per heavy atom. The van der Waals surface area contributed by atoms with E-state index >= 15 is 0 Å². The van der Waals surface area contributed by atoms with E-state index < -0.39 is 5.54 Å². The quantitative estimate of drug-likeness (QED) is 0.838. The molecule has 0 heterocycles. The number of hydrogen-bond donors (Lipinski definition) is 1. The third kappa shape index (κ3) is 4.15. The second kappa shape index (κ2) is 7.52. The van der Waals surface area contributed by atoms with E-state index in [9.17, 15) is 4.79 Å². The summed E-state index contributed by atoms with van der Waals surface area (Å²) >= 11 is 7.81. The summed E-state index contributed by atoms with van der Waals surface area (Å²) in [6.45, 7) is 0. The van der Waals surface area contributed by atoms with E-state index in [-0.39, 0.29) is 5.97 Å². The Morgan fingerprint density at radius 1 is 1.48 bits per heavy atom. The molecule has 0 bridgehead atoms. The lowest BCUT2D eigenvalue weighted by Crippen LogP contribution is -2.54. The Morgan fingerprint density at radius 3 is 2.81 bits per heavy atom. The smallest absolute Gasteiger partial charge is 0.326 e. The van der Waals surface area contributed by atoms with Crippen molar-refractivity contribution in [1.82, 2.24) is 5.32 Å². The number of rotatable bonds is 5. The van der Waals surface area contributed by atoms with Crippen LogP contribution in [0.25, 0.3) is 0 Å². The van der Waals surface area contributed by atoms with Crippen LogP contribution < -0.4 is 5.32 Å². The molecule has 0 aliphatic heterocycles. The summed E-state index contributed by atoms with van der Waals surface area (Å²) < 4.78 is 4.98. The van der Waals surface area contributed by atoms with E-state index in [0.717, 1.165) is 36.5 Å². The van der Waals surface area contributed by atoms with Crippen LogP contribution in [0.5, 0.6) is 0 Å². The molecule has 3 nitrogen and oxygen atoms in total. The Labute approximate surface area is 135 Å². The van der Waals surface area contributed by atoms with Crippen LogP contribution in [-0.4, -0.2) is 30.9 Å². The molecule has 0 radical (unpaired) electrons. The van der Waals surface area contributed by atoms with Crippen LogP contribution in [0.3, 0.4) is 0 Å². The van der Waals surface area contributed by atoms with Crippen LogP contribution in [0.4, 0.5) is 0 Å². The minimum absolute atomic E-state index is 0.137. The van der Waals surface area contributed by atoms with Gasteiger partial charge in [0.15, 0.2) is 0 Å². The fourth-order valence-corrected chi connectivity index (χ4v) is 4.35. The first-order valence-electron chi connectivity index (χ1n) is 7.23. The first-order chi connectivity index (χ1) is 10.1. The van der Waals surface area contributed by atoms with Crippen LogP contribution in [0.2, 0.25) is 5.02 Å². The molecule has 2 atom stereocenters. The molecule has 1 fully saturated rings. The highest BCUT2D eigenvalue weighted by Gasteiger charge is 2.42. The molecule has 0 saturated heterocycles. The summed E-state index contributed by atoms with van der Waals surface area (Å²) in [5.41, 5.74) is 0.757. The van der Waals surface area contributed by atoms with Crippen molar-refractivity contribution in [3.8, 4) is 0 Å². The molecule has 116 valence electrons. The highest BCUT2D eigenvalue weighted by atomic mass is 35.5. The van der Waals surface area contributed by atoms with Crippen LogP contribution in [-0.2, 0) is 15.3 Å². The number of carbonyl (C=O) groups is 1. The first-order valence-corrected chi connectivity index (χ1v) is 8.66. The largest absolute Gasteiger partial charge is 0.468 e. The Balaban J connectivity index is 1.94. The number of nitrogens with one attached hydrogen (secondary N) is 1. The van der Waals surface area contributed by atoms with Gasteiger partial charge in [-0.1, -0.05) is 23.7 Å². The van der Waals surface area contributed by atoms with Gasteiger partial charge >= 0.3 is 5.97 Å². The molecule has 0 spiro atoms. The van der Waals surface area contributed by atoms with Crippen molar-refractivity contribution in [2.24, 2.45) is 0 Å². The number of ether oxygens (including phenoxy) is 1. The van der Waals surface area contributed by atoms with Gasteiger partial charge in [-0.25, -0.2) is 0 Å². The predicted molar refractivity (Wildman–Crippen MR) is 88.8 cm³/mol. The van der Waals surface area contributed by atoms with Crippen molar-refractivity contribution in [3.63, 3.8) is 0 Å². The van der Waals surface area contributed by atoms with E-state index in [4.69, 9.17) is 16.3 Å². The monoisotopic (exact) mass is 327 g/mol. The maximum absolute atomic E-state index is 12.1. The van der Waals surface area contributed by atoms with Gasteiger partial charge in [-0.15, -0.1) is 0 Å². The lowest BCUT2D eigenvalue weighted by atomic mass is 9.81. The lowest BCUT2D eigenvalue weighted by Gasteiger charge is -2.38. The van der Waals surface area contributed by atoms with E-state index in [1.54, 1.807) is 0 Å². The number of likely N-dealkylation sites (N-methyl/N-ethyl adjacent to an activating group) is 1. The van der Waals surface area contributed by atoms with Crippen LogP contribution in [0, 0.1) is 0 Å². The molecule has 1 aliphatic carbocycles. The van der Waals surface area contributed by atoms with Crippen molar-refractivity contribution in [2.75, 3.05) is 14.2 Å². The zero-order valence-corrected chi connectivity index (χ0v) is 14.1. The van der Waals surface area contributed by atoms with Gasteiger partial charge in [-0.05, 0) is 50.4 Å². The van der Waals surface area contributed by atoms with Crippen LogP contribution >= 0.6 is 23.4 Å². The standard InChI is InChI=1S/C16H22ClNO2S/c1-18-16(15(19)20-2)9-3-4-14(10-16)21-11-12-5-7-13(17)8-6-12/h5-8,14,18H,3-4,9-11H2,1-2H3. The average molecular weight is 328 g/mol. The summed E-state index contributed by atoms with van der Waals surface area (Å²) in [6, 6.07) is 7.96. The number of methoxy groups -OCH3 is 1. The number of thioether (sulfide) groups is 1. The molecule has 1 aliphatic rings. The van der Waals surface area contributed by atoms with Gasteiger partial charge in [-0.2, -0.15) is 11.8 Å². The number of carbonyl (C=O) groups excluding carboxylic acids is 1. The van der Waals surface area contributed by atoms with Crippen LogP contribution in [0.1, 0.15) is 31.2 Å². The first kappa shape index (κ1) is 16.7. The number of hydrogen-bond acceptors (Lipinski definition) is 4. The number of esters is 1.